The zero-order valence-corrected chi connectivity index (χ0v) is 12.3. The van der Waals surface area contributed by atoms with Crippen LogP contribution in [0.4, 0.5) is 0 Å². The molecule has 0 aromatic rings. The highest BCUT2D eigenvalue weighted by Gasteiger charge is 2.20. The molecule has 0 amide bonds. The van der Waals surface area contributed by atoms with Gasteiger partial charge in [-0.05, 0) is 64.7 Å². The Morgan fingerprint density at radius 2 is 1.88 bits per heavy atom. The molecule has 1 rings (SSSR count). The second-order valence-electron chi connectivity index (χ2n) is 6.32. The lowest BCUT2D eigenvalue weighted by Gasteiger charge is -2.19. The average molecular weight is 240 g/mol. The van der Waals surface area contributed by atoms with E-state index in [0.29, 0.717) is 0 Å². The lowest BCUT2D eigenvalue weighted by atomic mass is 9.89. The van der Waals surface area contributed by atoms with Crippen LogP contribution in [0.3, 0.4) is 0 Å². The van der Waals surface area contributed by atoms with Crippen molar-refractivity contribution in [2.24, 2.45) is 11.8 Å². The second kappa shape index (κ2) is 8.10. The summed E-state index contributed by atoms with van der Waals surface area (Å²) in [4.78, 5) is 2.27. The number of nitrogens with zero attached hydrogens (tertiary/aromatic N) is 1. The molecule has 1 N–H and O–H groups in total. The van der Waals surface area contributed by atoms with E-state index in [0.717, 1.165) is 17.9 Å². The first kappa shape index (κ1) is 15.0. The molecule has 17 heavy (non-hydrogen) atoms. The van der Waals surface area contributed by atoms with Crippen molar-refractivity contribution in [3.63, 3.8) is 0 Å². The number of hydrogen-bond acceptors (Lipinski definition) is 2. The highest BCUT2D eigenvalue weighted by Crippen LogP contribution is 2.28. The zero-order valence-electron chi connectivity index (χ0n) is 12.3. The molecular weight excluding hydrogens is 208 g/mol. The summed E-state index contributed by atoms with van der Waals surface area (Å²) in [6.45, 7) is 7.16. The Hall–Kier alpha value is -0.0800. The molecule has 0 radical (unpaired) electrons. The van der Waals surface area contributed by atoms with Crippen molar-refractivity contribution < 1.29 is 0 Å². The summed E-state index contributed by atoms with van der Waals surface area (Å²) in [5.41, 5.74) is 0. The Labute approximate surface area is 108 Å². The van der Waals surface area contributed by atoms with Gasteiger partial charge in [-0.1, -0.05) is 26.7 Å². The predicted molar refractivity (Wildman–Crippen MR) is 76.4 cm³/mol. The molecule has 0 aliphatic heterocycles. The smallest absolute Gasteiger partial charge is 0.00671 e. The number of hydrogen-bond donors (Lipinski definition) is 1. The molecule has 0 bridgehead atoms. The Morgan fingerprint density at radius 1 is 1.12 bits per heavy atom. The van der Waals surface area contributed by atoms with E-state index in [-0.39, 0.29) is 0 Å². The largest absolute Gasteiger partial charge is 0.314 e. The summed E-state index contributed by atoms with van der Waals surface area (Å²) >= 11 is 0. The van der Waals surface area contributed by atoms with Crippen LogP contribution in [-0.4, -0.2) is 38.1 Å². The van der Waals surface area contributed by atoms with Crippen LogP contribution in [0.25, 0.3) is 0 Å². The third-order valence-corrected chi connectivity index (χ3v) is 4.17. The van der Waals surface area contributed by atoms with Crippen LogP contribution < -0.4 is 5.32 Å². The molecule has 2 nitrogen and oxygen atoms in total. The topological polar surface area (TPSA) is 15.3 Å². The fourth-order valence-electron chi connectivity index (χ4n) is 2.90. The minimum Gasteiger partial charge on any atom is -0.314 e. The molecule has 0 spiro atoms. The maximum absolute atomic E-state index is 3.75. The van der Waals surface area contributed by atoms with Crippen molar-refractivity contribution >= 4 is 0 Å². The lowest BCUT2D eigenvalue weighted by molar-refractivity contribution is 0.336. The zero-order chi connectivity index (χ0) is 12.7. The van der Waals surface area contributed by atoms with E-state index in [4.69, 9.17) is 0 Å². The average Bonchev–Trinajstić information content (AvgIpc) is 2.49. The standard InChI is InChI=1S/C15H32N2/c1-13(2)14-7-5-8-15(10-9-14)16-11-6-12-17(3)4/h13-16H,5-12H2,1-4H3. The summed E-state index contributed by atoms with van der Waals surface area (Å²) in [5, 5.41) is 3.75. The normalized spacial score (nSPS) is 26.5. The van der Waals surface area contributed by atoms with Gasteiger partial charge in [-0.3, -0.25) is 0 Å². The Bertz CT molecular complexity index is 189. The summed E-state index contributed by atoms with van der Waals surface area (Å²) in [5.74, 6) is 1.85. The first-order valence-corrected chi connectivity index (χ1v) is 7.47. The summed E-state index contributed by atoms with van der Waals surface area (Å²) < 4.78 is 0. The van der Waals surface area contributed by atoms with Gasteiger partial charge in [0.05, 0.1) is 0 Å². The van der Waals surface area contributed by atoms with Crippen LogP contribution in [0, 0.1) is 11.8 Å². The Morgan fingerprint density at radius 3 is 2.53 bits per heavy atom. The molecule has 2 atom stereocenters. The van der Waals surface area contributed by atoms with Crippen molar-refractivity contribution in [2.75, 3.05) is 27.2 Å². The van der Waals surface area contributed by atoms with E-state index in [9.17, 15) is 0 Å². The minimum atomic E-state index is 0.793. The maximum Gasteiger partial charge on any atom is 0.00671 e. The third-order valence-electron chi connectivity index (χ3n) is 4.17. The maximum atomic E-state index is 3.75. The third kappa shape index (κ3) is 6.42. The number of rotatable bonds is 6. The lowest BCUT2D eigenvalue weighted by Crippen LogP contribution is -2.31. The Balaban J connectivity index is 2.14. The van der Waals surface area contributed by atoms with Gasteiger partial charge in [0.1, 0.15) is 0 Å². The van der Waals surface area contributed by atoms with Gasteiger partial charge in [0.25, 0.3) is 0 Å². The van der Waals surface area contributed by atoms with Crippen LogP contribution in [0.15, 0.2) is 0 Å². The summed E-state index contributed by atoms with van der Waals surface area (Å²) in [7, 11) is 4.30. The molecule has 2 unspecified atom stereocenters. The van der Waals surface area contributed by atoms with E-state index >= 15 is 0 Å². The summed E-state index contributed by atoms with van der Waals surface area (Å²) in [6.07, 6.45) is 8.37. The first-order valence-electron chi connectivity index (χ1n) is 7.47. The molecule has 1 aliphatic rings. The minimum absolute atomic E-state index is 0.793. The van der Waals surface area contributed by atoms with Gasteiger partial charge < -0.3 is 10.2 Å². The molecule has 1 saturated carbocycles. The van der Waals surface area contributed by atoms with Crippen LogP contribution in [0.2, 0.25) is 0 Å². The SMILES string of the molecule is CC(C)C1CCCC(NCCCN(C)C)CC1. The van der Waals surface area contributed by atoms with Crippen LogP contribution >= 0.6 is 0 Å². The second-order valence-corrected chi connectivity index (χ2v) is 6.32. The predicted octanol–water partition coefficient (Wildman–Crippen LogP) is 3.13. The monoisotopic (exact) mass is 240 g/mol. The van der Waals surface area contributed by atoms with Gasteiger partial charge in [-0.25, -0.2) is 0 Å². The van der Waals surface area contributed by atoms with Crippen molar-refractivity contribution in [3.8, 4) is 0 Å². The molecule has 1 fully saturated rings. The quantitative estimate of drug-likeness (QED) is 0.567. The number of nitrogens with one attached hydrogen (secondary N) is 1. The molecule has 0 heterocycles. The first-order chi connectivity index (χ1) is 8.09. The van der Waals surface area contributed by atoms with Gasteiger partial charge >= 0.3 is 0 Å². The van der Waals surface area contributed by atoms with Crippen molar-refractivity contribution in [1.29, 1.82) is 0 Å². The highest BCUT2D eigenvalue weighted by atomic mass is 15.1. The van der Waals surface area contributed by atoms with Crippen molar-refractivity contribution in [1.82, 2.24) is 10.2 Å². The fourth-order valence-corrected chi connectivity index (χ4v) is 2.90. The fraction of sp³-hybridized carbons (Fsp3) is 1.00. The molecule has 2 heteroatoms. The van der Waals surface area contributed by atoms with Crippen LogP contribution in [0.5, 0.6) is 0 Å². The van der Waals surface area contributed by atoms with Gasteiger partial charge in [0, 0.05) is 6.04 Å². The molecule has 0 aromatic heterocycles. The highest BCUT2D eigenvalue weighted by molar-refractivity contribution is 4.76. The molecule has 1 aliphatic carbocycles. The van der Waals surface area contributed by atoms with E-state index in [2.05, 4.69) is 38.2 Å². The molecule has 0 saturated heterocycles. The van der Waals surface area contributed by atoms with Crippen LogP contribution in [0.1, 0.15) is 52.4 Å². The Kier molecular flexibility index (Phi) is 7.14. The van der Waals surface area contributed by atoms with E-state index in [1.807, 2.05) is 0 Å². The summed E-state index contributed by atoms with van der Waals surface area (Å²) in [6, 6.07) is 0.793. The molecular formula is C15H32N2. The van der Waals surface area contributed by atoms with Crippen molar-refractivity contribution in [3.05, 3.63) is 0 Å². The van der Waals surface area contributed by atoms with E-state index in [1.165, 1.54) is 51.6 Å². The molecule has 102 valence electrons. The van der Waals surface area contributed by atoms with E-state index in [1.54, 1.807) is 0 Å². The van der Waals surface area contributed by atoms with Gasteiger partial charge in [0.2, 0.25) is 0 Å². The van der Waals surface area contributed by atoms with Gasteiger partial charge in [-0.15, -0.1) is 0 Å². The van der Waals surface area contributed by atoms with Gasteiger partial charge in [0.15, 0.2) is 0 Å². The van der Waals surface area contributed by atoms with Crippen molar-refractivity contribution in [2.45, 2.75) is 58.4 Å². The molecule has 0 aromatic carbocycles. The van der Waals surface area contributed by atoms with Gasteiger partial charge in [-0.2, -0.15) is 0 Å². The van der Waals surface area contributed by atoms with E-state index < -0.39 is 0 Å². The van der Waals surface area contributed by atoms with Crippen LogP contribution in [-0.2, 0) is 0 Å².